The van der Waals surface area contributed by atoms with Crippen LogP contribution in [0.25, 0.3) is 0 Å². The molecule has 3 N–H and O–H groups in total. The first-order chi connectivity index (χ1) is 21.2. The minimum atomic E-state index is -0.207. The quantitative estimate of drug-likeness (QED) is 0.155. The van der Waals surface area contributed by atoms with E-state index in [1.165, 1.54) is 5.56 Å². The smallest absolute Gasteiger partial charge is 0.268 e. The maximum Gasteiger partial charge on any atom is 0.268 e. The standard InChI is InChI=1S/C35H38Cl2N4O3/c1-23(2)34(42)38-29-10-6-9-26(19-29)24-13-16-41(17-14-24)18-15-31(25-7-4-3-5-8-25)40-35(43)32-11-12-33(39-32)44-30-21-27(36)20-28(37)22-30/h3-12,19-24,31,39H,13-18H2,1-2H3,(H,38,42)(H,40,43)/t31-/m0/s1. The Morgan fingerprint density at radius 2 is 1.66 bits per heavy atom. The SMILES string of the molecule is CC(C)C(=O)Nc1cccc(C2CCN(CC[C@H](NC(=O)c3ccc(Oc4cc(Cl)cc(Cl)c4)[nH]3)c3ccccc3)CC2)c1. The van der Waals surface area contributed by atoms with Crippen LogP contribution in [0.5, 0.6) is 11.6 Å². The highest BCUT2D eigenvalue weighted by molar-refractivity contribution is 6.34. The summed E-state index contributed by atoms with van der Waals surface area (Å²) in [4.78, 5) is 31.0. The molecule has 1 aliphatic rings. The van der Waals surface area contributed by atoms with Crippen LogP contribution in [0.1, 0.15) is 66.7 Å². The number of halogens is 2. The van der Waals surface area contributed by atoms with Gasteiger partial charge in [-0.15, -0.1) is 0 Å². The Labute approximate surface area is 268 Å². The summed E-state index contributed by atoms with van der Waals surface area (Å²) in [6.07, 6.45) is 2.88. The van der Waals surface area contributed by atoms with Gasteiger partial charge in [0.15, 0.2) is 5.88 Å². The van der Waals surface area contributed by atoms with Gasteiger partial charge in [-0.1, -0.05) is 79.5 Å². The number of hydrogen-bond donors (Lipinski definition) is 3. The fourth-order valence-electron chi connectivity index (χ4n) is 5.48. The van der Waals surface area contributed by atoms with E-state index < -0.39 is 0 Å². The lowest BCUT2D eigenvalue weighted by Crippen LogP contribution is -2.36. The molecule has 1 saturated heterocycles. The molecule has 1 aromatic heterocycles. The van der Waals surface area contributed by atoms with E-state index >= 15 is 0 Å². The van der Waals surface area contributed by atoms with E-state index in [1.807, 2.05) is 56.3 Å². The highest BCUT2D eigenvalue weighted by atomic mass is 35.5. The van der Waals surface area contributed by atoms with Crippen LogP contribution < -0.4 is 15.4 Å². The van der Waals surface area contributed by atoms with Gasteiger partial charge in [-0.25, -0.2) is 0 Å². The monoisotopic (exact) mass is 632 g/mol. The zero-order valence-corrected chi connectivity index (χ0v) is 26.5. The van der Waals surface area contributed by atoms with Crippen LogP contribution in [-0.2, 0) is 4.79 Å². The second kappa shape index (κ2) is 14.8. The number of nitrogens with one attached hydrogen (secondary N) is 3. The maximum absolute atomic E-state index is 13.3. The van der Waals surface area contributed by atoms with Crippen molar-refractivity contribution in [1.29, 1.82) is 0 Å². The average Bonchev–Trinajstić information content (AvgIpc) is 3.48. The van der Waals surface area contributed by atoms with E-state index in [0.717, 1.165) is 50.1 Å². The van der Waals surface area contributed by atoms with Crippen molar-refractivity contribution in [3.05, 3.63) is 112 Å². The molecule has 2 amide bonds. The zero-order valence-electron chi connectivity index (χ0n) is 25.0. The van der Waals surface area contributed by atoms with Crippen molar-refractivity contribution in [3.8, 4) is 11.6 Å². The van der Waals surface area contributed by atoms with Crippen LogP contribution in [0.15, 0.2) is 84.9 Å². The van der Waals surface area contributed by atoms with Crippen molar-refractivity contribution in [2.45, 2.75) is 45.1 Å². The number of benzene rings is 3. The van der Waals surface area contributed by atoms with Crippen molar-refractivity contribution in [2.24, 2.45) is 5.92 Å². The molecule has 9 heteroatoms. The number of nitrogens with zero attached hydrogens (tertiary/aromatic N) is 1. The number of H-pyrrole nitrogens is 1. The third kappa shape index (κ3) is 8.65. The summed E-state index contributed by atoms with van der Waals surface area (Å²) in [5, 5.41) is 7.17. The molecule has 5 rings (SSSR count). The minimum absolute atomic E-state index is 0.0324. The van der Waals surface area contributed by atoms with Gasteiger partial charge in [0.1, 0.15) is 11.4 Å². The summed E-state index contributed by atoms with van der Waals surface area (Å²) >= 11 is 12.2. The number of anilines is 1. The Balaban J connectivity index is 1.17. The molecule has 7 nitrogen and oxygen atoms in total. The van der Waals surface area contributed by atoms with Gasteiger partial charge in [0.2, 0.25) is 5.91 Å². The number of aromatic nitrogens is 1. The zero-order chi connectivity index (χ0) is 31.1. The van der Waals surface area contributed by atoms with Gasteiger partial charge in [-0.3, -0.25) is 9.59 Å². The van der Waals surface area contributed by atoms with Gasteiger partial charge < -0.3 is 25.3 Å². The van der Waals surface area contributed by atoms with E-state index in [4.69, 9.17) is 27.9 Å². The number of amides is 2. The number of likely N-dealkylation sites (tertiary alicyclic amines) is 1. The first kappa shape index (κ1) is 31.6. The van der Waals surface area contributed by atoms with E-state index in [-0.39, 0.29) is 23.8 Å². The van der Waals surface area contributed by atoms with Gasteiger partial charge in [-0.05, 0) is 85.8 Å². The fourth-order valence-corrected chi connectivity index (χ4v) is 5.99. The predicted molar refractivity (Wildman–Crippen MR) is 177 cm³/mol. The highest BCUT2D eigenvalue weighted by Crippen LogP contribution is 2.31. The second-order valence-corrected chi connectivity index (χ2v) is 12.4. The Morgan fingerprint density at radius 1 is 0.932 bits per heavy atom. The molecule has 0 saturated carbocycles. The van der Waals surface area contributed by atoms with Gasteiger partial charge in [0, 0.05) is 34.3 Å². The lowest BCUT2D eigenvalue weighted by atomic mass is 9.89. The van der Waals surface area contributed by atoms with Crippen LogP contribution in [0, 0.1) is 5.92 Å². The maximum atomic E-state index is 13.3. The first-order valence-electron chi connectivity index (χ1n) is 15.1. The van der Waals surface area contributed by atoms with Crippen molar-refractivity contribution in [2.75, 3.05) is 25.0 Å². The molecule has 1 fully saturated rings. The fraction of sp³-hybridized carbons (Fsp3) is 0.314. The second-order valence-electron chi connectivity index (χ2n) is 11.6. The summed E-state index contributed by atoms with van der Waals surface area (Å²) in [5.74, 6) is 1.12. The van der Waals surface area contributed by atoms with Crippen LogP contribution in [0.4, 0.5) is 5.69 Å². The van der Waals surface area contributed by atoms with E-state index in [0.29, 0.717) is 33.3 Å². The Bertz CT molecular complexity index is 1540. The van der Waals surface area contributed by atoms with Crippen LogP contribution in [0.3, 0.4) is 0 Å². The summed E-state index contributed by atoms with van der Waals surface area (Å²) in [7, 11) is 0. The molecule has 4 aromatic rings. The number of carbonyl (C=O) groups excluding carboxylic acids is 2. The molecule has 0 bridgehead atoms. The molecule has 2 heterocycles. The van der Waals surface area contributed by atoms with Crippen molar-refractivity contribution in [1.82, 2.24) is 15.2 Å². The van der Waals surface area contributed by atoms with Crippen LogP contribution >= 0.6 is 23.2 Å². The van der Waals surface area contributed by atoms with Crippen molar-refractivity contribution in [3.63, 3.8) is 0 Å². The number of ether oxygens (including phenoxy) is 1. The summed E-state index contributed by atoms with van der Waals surface area (Å²) < 4.78 is 5.83. The van der Waals surface area contributed by atoms with Crippen LogP contribution in [0.2, 0.25) is 10.0 Å². The summed E-state index contributed by atoms with van der Waals surface area (Å²) in [6.45, 7) is 6.62. The van der Waals surface area contributed by atoms with E-state index in [1.54, 1.807) is 30.3 Å². The van der Waals surface area contributed by atoms with E-state index in [2.05, 4.69) is 32.7 Å². The normalized spacial score (nSPS) is 14.8. The molecule has 230 valence electrons. The van der Waals surface area contributed by atoms with Crippen molar-refractivity contribution < 1.29 is 14.3 Å². The number of hydrogen-bond acceptors (Lipinski definition) is 4. The molecule has 44 heavy (non-hydrogen) atoms. The topological polar surface area (TPSA) is 86.5 Å². The first-order valence-corrected chi connectivity index (χ1v) is 15.8. The third-order valence-electron chi connectivity index (χ3n) is 7.95. The molecule has 3 aromatic carbocycles. The van der Waals surface area contributed by atoms with E-state index in [9.17, 15) is 9.59 Å². The molecule has 0 radical (unpaired) electrons. The molecular weight excluding hydrogens is 595 g/mol. The molecule has 0 aliphatic carbocycles. The molecule has 1 atom stereocenters. The highest BCUT2D eigenvalue weighted by Gasteiger charge is 2.23. The largest absolute Gasteiger partial charge is 0.441 e. The van der Waals surface area contributed by atoms with Gasteiger partial charge in [0.05, 0.1) is 6.04 Å². The summed E-state index contributed by atoms with van der Waals surface area (Å²) in [5.41, 5.74) is 3.60. The Morgan fingerprint density at radius 3 is 2.36 bits per heavy atom. The molecule has 0 spiro atoms. The number of aromatic amines is 1. The third-order valence-corrected chi connectivity index (χ3v) is 8.38. The number of carbonyl (C=O) groups is 2. The molecule has 0 unspecified atom stereocenters. The predicted octanol–water partition coefficient (Wildman–Crippen LogP) is 8.45. The average molecular weight is 634 g/mol. The van der Waals surface area contributed by atoms with Crippen LogP contribution in [-0.4, -0.2) is 41.3 Å². The number of piperidine rings is 1. The molecular formula is C35H38Cl2N4O3. The summed E-state index contributed by atoms with van der Waals surface area (Å²) in [6, 6.07) is 26.5. The van der Waals surface area contributed by atoms with Gasteiger partial charge in [0.25, 0.3) is 5.91 Å². The molecule has 1 aliphatic heterocycles. The Hall–Kier alpha value is -3.78. The Kier molecular flexibility index (Phi) is 10.6. The minimum Gasteiger partial charge on any atom is -0.441 e. The lowest BCUT2D eigenvalue weighted by Gasteiger charge is -2.33. The van der Waals surface area contributed by atoms with Crippen molar-refractivity contribution >= 4 is 40.7 Å². The number of rotatable bonds is 11. The van der Waals surface area contributed by atoms with Gasteiger partial charge >= 0.3 is 0 Å². The lowest BCUT2D eigenvalue weighted by molar-refractivity contribution is -0.118. The van der Waals surface area contributed by atoms with Gasteiger partial charge in [-0.2, -0.15) is 0 Å².